The molecule has 0 bridgehead atoms. The molecule has 0 saturated heterocycles. The van der Waals surface area contributed by atoms with E-state index in [1.165, 1.54) is 18.2 Å². The Kier molecular flexibility index (Phi) is 4.99. The van der Waals surface area contributed by atoms with E-state index in [1.54, 1.807) is 30.3 Å². The molecule has 0 heterocycles. The molecular formula is C23H19FN2O3. The molecule has 4 rings (SSSR count). The molecule has 6 heteroatoms. The van der Waals surface area contributed by atoms with E-state index in [2.05, 4.69) is 10.6 Å². The number of hydrogen-bond donors (Lipinski definition) is 2. The van der Waals surface area contributed by atoms with Crippen molar-refractivity contribution >= 4 is 23.2 Å². The number of hydrogen-bond acceptors (Lipinski definition) is 3. The molecular weight excluding hydrogens is 371 g/mol. The van der Waals surface area contributed by atoms with Crippen LogP contribution in [0.25, 0.3) is 0 Å². The van der Waals surface area contributed by atoms with E-state index in [0.29, 0.717) is 30.0 Å². The second kappa shape index (κ2) is 7.75. The summed E-state index contributed by atoms with van der Waals surface area (Å²) < 4.78 is 19.7. The van der Waals surface area contributed by atoms with Crippen molar-refractivity contribution in [3.8, 4) is 11.5 Å². The largest absolute Gasteiger partial charge is 0.455 e. The zero-order chi connectivity index (χ0) is 20.3. The normalized spacial score (nSPS) is 14.0. The number of anilines is 2. The molecule has 146 valence electrons. The fourth-order valence-electron chi connectivity index (χ4n) is 3.00. The van der Waals surface area contributed by atoms with E-state index in [4.69, 9.17) is 4.74 Å². The fourth-order valence-corrected chi connectivity index (χ4v) is 3.00. The lowest BCUT2D eigenvalue weighted by molar-refractivity contribution is -0.131. The Labute approximate surface area is 167 Å². The van der Waals surface area contributed by atoms with Crippen LogP contribution in [0.15, 0.2) is 78.9 Å². The van der Waals surface area contributed by atoms with E-state index in [-0.39, 0.29) is 5.69 Å². The third-order valence-electron chi connectivity index (χ3n) is 4.85. The van der Waals surface area contributed by atoms with Crippen LogP contribution in [0.2, 0.25) is 0 Å². The summed E-state index contributed by atoms with van der Waals surface area (Å²) in [6.07, 6.45) is 0.807. The summed E-state index contributed by atoms with van der Waals surface area (Å²) in [5, 5.41) is 5.32. The number of amides is 2. The van der Waals surface area contributed by atoms with Crippen LogP contribution in [0.5, 0.6) is 11.5 Å². The Morgan fingerprint density at radius 2 is 1.31 bits per heavy atom. The Bertz CT molecular complexity index is 1050. The van der Waals surface area contributed by atoms with E-state index < -0.39 is 23.0 Å². The molecule has 29 heavy (non-hydrogen) atoms. The summed E-state index contributed by atoms with van der Waals surface area (Å²) in [6, 6.07) is 22.1. The molecule has 0 unspecified atom stereocenters. The maximum atomic E-state index is 13.8. The van der Waals surface area contributed by atoms with Crippen LogP contribution in [-0.2, 0) is 9.59 Å². The van der Waals surface area contributed by atoms with Crippen LogP contribution >= 0.6 is 0 Å². The van der Waals surface area contributed by atoms with Crippen LogP contribution in [-0.4, -0.2) is 11.8 Å². The monoisotopic (exact) mass is 390 g/mol. The first-order valence-corrected chi connectivity index (χ1v) is 9.28. The Hall–Kier alpha value is -3.67. The number of para-hydroxylation sites is 4. The van der Waals surface area contributed by atoms with Crippen LogP contribution in [0.1, 0.15) is 12.8 Å². The second-order valence-corrected chi connectivity index (χ2v) is 6.88. The van der Waals surface area contributed by atoms with Crippen molar-refractivity contribution in [2.45, 2.75) is 12.8 Å². The minimum Gasteiger partial charge on any atom is -0.455 e. The quantitative estimate of drug-likeness (QED) is 0.584. The number of carbonyl (C=O) groups is 2. The molecule has 0 aliphatic heterocycles. The maximum Gasteiger partial charge on any atom is 0.240 e. The second-order valence-electron chi connectivity index (χ2n) is 6.88. The van der Waals surface area contributed by atoms with Crippen molar-refractivity contribution in [3.63, 3.8) is 0 Å². The molecule has 0 atom stereocenters. The maximum absolute atomic E-state index is 13.8. The van der Waals surface area contributed by atoms with Crippen molar-refractivity contribution < 1.29 is 18.7 Å². The number of ether oxygens (including phenoxy) is 1. The van der Waals surface area contributed by atoms with Crippen molar-refractivity contribution in [3.05, 3.63) is 84.7 Å². The van der Waals surface area contributed by atoms with Crippen molar-refractivity contribution in [2.24, 2.45) is 5.41 Å². The zero-order valence-corrected chi connectivity index (χ0v) is 15.5. The van der Waals surface area contributed by atoms with Crippen molar-refractivity contribution in [1.29, 1.82) is 0 Å². The first-order valence-electron chi connectivity index (χ1n) is 9.28. The highest BCUT2D eigenvalue weighted by Gasteiger charge is 2.56. The van der Waals surface area contributed by atoms with Gasteiger partial charge >= 0.3 is 0 Å². The standard InChI is InChI=1S/C23H19FN2O3/c24-17-10-4-5-11-18(17)25-21(27)23(14-15-23)22(28)26-19-12-6-7-13-20(19)29-16-8-2-1-3-9-16/h1-13H,14-15H2,(H,25,27)(H,26,28). The van der Waals surface area contributed by atoms with Gasteiger partial charge in [0, 0.05) is 0 Å². The minimum atomic E-state index is -1.21. The highest BCUT2D eigenvalue weighted by atomic mass is 19.1. The van der Waals surface area contributed by atoms with E-state index >= 15 is 0 Å². The summed E-state index contributed by atoms with van der Waals surface area (Å²) in [7, 11) is 0. The van der Waals surface area contributed by atoms with Gasteiger partial charge in [-0.25, -0.2) is 4.39 Å². The van der Waals surface area contributed by atoms with Gasteiger partial charge in [-0.3, -0.25) is 9.59 Å². The summed E-state index contributed by atoms with van der Waals surface area (Å²) in [5.74, 6) is -0.388. The van der Waals surface area contributed by atoms with Crippen LogP contribution in [0.3, 0.4) is 0 Å². The van der Waals surface area contributed by atoms with E-state index in [1.807, 2.05) is 30.3 Å². The molecule has 2 N–H and O–H groups in total. The highest BCUT2D eigenvalue weighted by Crippen LogP contribution is 2.48. The summed E-state index contributed by atoms with van der Waals surface area (Å²) >= 11 is 0. The molecule has 0 radical (unpaired) electrons. The lowest BCUT2D eigenvalue weighted by Gasteiger charge is -2.17. The Morgan fingerprint density at radius 3 is 1.97 bits per heavy atom. The van der Waals surface area contributed by atoms with Gasteiger partial charge in [0.05, 0.1) is 11.4 Å². The van der Waals surface area contributed by atoms with Gasteiger partial charge in [0.25, 0.3) is 0 Å². The number of halogens is 1. The average molecular weight is 390 g/mol. The average Bonchev–Trinajstić information content (AvgIpc) is 3.54. The van der Waals surface area contributed by atoms with Gasteiger partial charge < -0.3 is 15.4 Å². The summed E-state index contributed by atoms with van der Waals surface area (Å²) in [5.41, 5.74) is -0.682. The molecule has 2 amide bonds. The highest BCUT2D eigenvalue weighted by molar-refractivity contribution is 6.17. The molecule has 5 nitrogen and oxygen atoms in total. The predicted molar refractivity (Wildman–Crippen MR) is 108 cm³/mol. The van der Waals surface area contributed by atoms with Gasteiger partial charge in [-0.1, -0.05) is 42.5 Å². The predicted octanol–water partition coefficient (Wildman–Crippen LogP) is 4.98. The van der Waals surface area contributed by atoms with E-state index in [9.17, 15) is 14.0 Å². The molecule has 1 aliphatic carbocycles. The fraction of sp³-hybridized carbons (Fsp3) is 0.130. The van der Waals surface area contributed by atoms with Gasteiger partial charge in [0.2, 0.25) is 11.8 Å². The molecule has 3 aromatic rings. The number of rotatable bonds is 6. The number of nitrogens with one attached hydrogen (secondary N) is 2. The van der Waals surface area contributed by atoms with Crippen molar-refractivity contribution in [2.75, 3.05) is 10.6 Å². The molecule has 1 fully saturated rings. The van der Waals surface area contributed by atoms with Crippen LogP contribution in [0.4, 0.5) is 15.8 Å². The molecule has 1 aliphatic rings. The first-order chi connectivity index (χ1) is 14.1. The Morgan fingerprint density at radius 1 is 0.759 bits per heavy atom. The minimum absolute atomic E-state index is 0.0596. The lowest BCUT2D eigenvalue weighted by Crippen LogP contribution is -2.35. The van der Waals surface area contributed by atoms with Gasteiger partial charge in [-0.05, 0) is 49.2 Å². The van der Waals surface area contributed by atoms with Gasteiger partial charge in [-0.2, -0.15) is 0 Å². The van der Waals surface area contributed by atoms with Crippen molar-refractivity contribution in [1.82, 2.24) is 0 Å². The SMILES string of the molecule is O=C(Nc1ccccc1F)C1(C(=O)Nc2ccccc2Oc2ccccc2)CC1. The summed E-state index contributed by atoms with van der Waals surface area (Å²) in [4.78, 5) is 25.6. The first kappa shape index (κ1) is 18.7. The molecule has 1 saturated carbocycles. The lowest BCUT2D eigenvalue weighted by atomic mass is 10.0. The Balaban J connectivity index is 1.49. The third-order valence-corrected chi connectivity index (χ3v) is 4.85. The van der Waals surface area contributed by atoms with Gasteiger partial charge in [0.1, 0.15) is 17.0 Å². The van der Waals surface area contributed by atoms with Crippen LogP contribution in [0, 0.1) is 11.2 Å². The van der Waals surface area contributed by atoms with Crippen LogP contribution < -0.4 is 15.4 Å². The smallest absolute Gasteiger partial charge is 0.240 e. The van der Waals surface area contributed by atoms with Gasteiger partial charge in [0.15, 0.2) is 5.75 Å². The number of carbonyl (C=O) groups excluding carboxylic acids is 2. The zero-order valence-electron chi connectivity index (χ0n) is 15.5. The summed E-state index contributed by atoms with van der Waals surface area (Å²) in [6.45, 7) is 0. The third kappa shape index (κ3) is 3.96. The molecule has 0 spiro atoms. The molecule has 0 aromatic heterocycles. The van der Waals surface area contributed by atoms with Gasteiger partial charge in [-0.15, -0.1) is 0 Å². The number of benzene rings is 3. The molecule has 3 aromatic carbocycles. The topological polar surface area (TPSA) is 67.4 Å². The van der Waals surface area contributed by atoms with E-state index in [0.717, 1.165) is 0 Å².